The fourth-order valence-corrected chi connectivity index (χ4v) is 3.27. The lowest BCUT2D eigenvalue weighted by molar-refractivity contribution is 0.271. The molecule has 0 amide bonds. The molecule has 2 aromatic rings. The predicted octanol–water partition coefficient (Wildman–Crippen LogP) is 3.27. The highest BCUT2D eigenvalue weighted by atomic mass is 32.2. The van der Waals surface area contributed by atoms with Gasteiger partial charge in [0.2, 0.25) is 10.0 Å². The third kappa shape index (κ3) is 6.69. The quantitative estimate of drug-likeness (QED) is 0.705. The lowest BCUT2D eigenvalue weighted by Crippen LogP contribution is -2.33. The number of aryl methyl sites for hydroxylation is 2. The minimum atomic E-state index is -3.23. The highest BCUT2D eigenvalue weighted by Crippen LogP contribution is 2.22. The molecule has 0 saturated carbocycles. The number of hydrogen-bond donors (Lipinski definition) is 2. The van der Waals surface area contributed by atoms with E-state index in [2.05, 4.69) is 42.9 Å². The van der Waals surface area contributed by atoms with Crippen LogP contribution >= 0.6 is 0 Å². The molecule has 142 valence electrons. The molecule has 0 fully saturated rings. The molecule has 0 aromatic heterocycles. The van der Waals surface area contributed by atoms with Gasteiger partial charge in [-0.1, -0.05) is 30.3 Å². The van der Waals surface area contributed by atoms with Crippen LogP contribution in [0.25, 0.3) is 0 Å². The molecular formula is C20H28N2O3S. The topological polar surface area (TPSA) is 67.4 Å². The van der Waals surface area contributed by atoms with Gasteiger partial charge in [0.05, 0.1) is 6.26 Å². The van der Waals surface area contributed by atoms with Gasteiger partial charge in [0.15, 0.2) is 0 Å². The van der Waals surface area contributed by atoms with Crippen molar-refractivity contribution in [3.05, 3.63) is 59.2 Å². The fraction of sp³-hybridized carbons (Fsp3) is 0.400. The van der Waals surface area contributed by atoms with Crippen molar-refractivity contribution in [1.82, 2.24) is 5.32 Å². The Kier molecular flexibility index (Phi) is 7.06. The molecule has 2 rings (SSSR count). The van der Waals surface area contributed by atoms with Crippen LogP contribution in [0.3, 0.4) is 0 Å². The molecule has 2 aromatic carbocycles. The maximum Gasteiger partial charge on any atom is 0.229 e. The van der Waals surface area contributed by atoms with E-state index >= 15 is 0 Å². The molecule has 1 unspecified atom stereocenters. The van der Waals surface area contributed by atoms with Gasteiger partial charge in [-0.3, -0.25) is 4.72 Å². The minimum Gasteiger partial charge on any atom is -0.491 e. The summed E-state index contributed by atoms with van der Waals surface area (Å²) in [5.41, 5.74) is 4.04. The molecule has 26 heavy (non-hydrogen) atoms. The van der Waals surface area contributed by atoms with Crippen LogP contribution in [-0.2, 0) is 16.4 Å². The first kappa shape index (κ1) is 20.3. The van der Waals surface area contributed by atoms with Crippen molar-refractivity contribution in [2.45, 2.75) is 33.2 Å². The number of benzene rings is 2. The van der Waals surface area contributed by atoms with Crippen LogP contribution in [0.2, 0.25) is 0 Å². The molecule has 0 aliphatic heterocycles. The van der Waals surface area contributed by atoms with Gasteiger partial charge < -0.3 is 10.1 Å². The number of para-hydroxylation sites is 1. The van der Waals surface area contributed by atoms with Crippen molar-refractivity contribution in [2.24, 2.45) is 0 Å². The predicted molar refractivity (Wildman–Crippen MR) is 107 cm³/mol. The normalized spacial score (nSPS) is 12.6. The molecule has 0 aliphatic carbocycles. The molecule has 0 spiro atoms. The summed E-state index contributed by atoms with van der Waals surface area (Å²) in [6.45, 7) is 7.66. The molecule has 0 bridgehead atoms. The Morgan fingerprint density at radius 1 is 1.04 bits per heavy atom. The summed E-state index contributed by atoms with van der Waals surface area (Å²) in [6.07, 6.45) is 2.01. The van der Waals surface area contributed by atoms with E-state index in [0.29, 0.717) is 12.3 Å². The van der Waals surface area contributed by atoms with Crippen molar-refractivity contribution >= 4 is 15.7 Å². The van der Waals surface area contributed by atoms with E-state index in [1.54, 1.807) is 12.1 Å². The van der Waals surface area contributed by atoms with Crippen LogP contribution < -0.4 is 14.8 Å². The summed E-state index contributed by atoms with van der Waals surface area (Å²) in [6, 6.07) is 13.8. The summed E-state index contributed by atoms with van der Waals surface area (Å²) in [5.74, 6) is 0.968. The van der Waals surface area contributed by atoms with Gasteiger partial charge in [0.1, 0.15) is 12.4 Å². The van der Waals surface area contributed by atoms with Crippen molar-refractivity contribution in [2.75, 3.05) is 24.1 Å². The fourth-order valence-electron chi connectivity index (χ4n) is 2.71. The first-order chi connectivity index (χ1) is 12.2. The van der Waals surface area contributed by atoms with Crippen LogP contribution in [0.4, 0.5) is 5.69 Å². The molecule has 6 heteroatoms. The van der Waals surface area contributed by atoms with Gasteiger partial charge in [-0.05, 0) is 62.6 Å². The monoisotopic (exact) mass is 376 g/mol. The SMILES string of the molecule is Cc1cccc(C)c1OCC(C)NCCc1ccc(NS(C)(=O)=O)cc1. The summed E-state index contributed by atoms with van der Waals surface area (Å²) >= 11 is 0. The molecule has 0 saturated heterocycles. The Balaban J connectivity index is 1.75. The Hall–Kier alpha value is -2.05. The van der Waals surface area contributed by atoms with Crippen molar-refractivity contribution in [1.29, 1.82) is 0 Å². The van der Waals surface area contributed by atoms with Crippen molar-refractivity contribution in [3.8, 4) is 5.75 Å². The molecule has 0 heterocycles. The summed E-state index contributed by atoms with van der Waals surface area (Å²) in [4.78, 5) is 0. The smallest absolute Gasteiger partial charge is 0.229 e. The first-order valence-electron chi connectivity index (χ1n) is 8.74. The molecule has 1 atom stereocenters. The standard InChI is InChI=1S/C20H28N2O3S/c1-15-6-5-7-16(2)20(15)25-14-17(3)21-13-12-18-8-10-19(11-9-18)22-26(4,23)24/h5-11,17,21-22H,12-14H2,1-4H3. The van der Waals surface area contributed by atoms with Gasteiger partial charge in [-0.25, -0.2) is 8.42 Å². The second-order valence-corrected chi connectivity index (χ2v) is 8.46. The zero-order valence-electron chi connectivity index (χ0n) is 15.9. The van der Waals surface area contributed by atoms with Crippen LogP contribution in [0.15, 0.2) is 42.5 Å². The number of sulfonamides is 1. The summed E-state index contributed by atoms with van der Waals surface area (Å²) < 4.78 is 30.8. The number of hydrogen-bond acceptors (Lipinski definition) is 4. The van der Waals surface area contributed by atoms with Gasteiger partial charge >= 0.3 is 0 Å². The number of anilines is 1. The number of rotatable bonds is 9. The molecule has 5 nitrogen and oxygen atoms in total. The zero-order valence-corrected chi connectivity index (χ0v) is 16.7. The number of nitrogens with one attached hydrogen (secondary N) is 2. The maximum absolute atomic E-state index is 11.2. The Morgan fingerprint density at radius 3 is 2.23 bits per heavy atom. The van der Waals surface area contributed by atoms with Crippen LogP contribution in [-0.4, -0.2) is 33.9 Å². The highest BCUT2D eigenvalue weighted by molar-refractivity contribution is 7.92. The van der Waals surface area contributed by atoms with Crippen LogP contribution in [0.5, 0.6) is 5.75 Å². The van der Waals surface area contributed by atoms with Gasteiger partial charge in [-0.2, -0.15) is 0 Å². The maximum atomic E-state index is 11.2. The second-order valence-electron chi connectivity index (χ2n) is 6.71. The number of ether oxygens (including phenoxy) is 1. The van der Waals surface area contributed by atoms with E-state index < -0.39 is 10.0 Å². The van der Waals surface area contributed by atoms with E-state index in [1.165, 1.54) is 0 Å². The van der Waals surface area contributed by atoms with E-state index in [0.717, 1.165) is 41.7 Å². The van der Waals surface area contributed by atoms with Crippen molar-refractivity contribution in [3.63, 3.8) is 0 Å². The van der Waals surface area contributed by atoms with E-state index in [-0.39, 0.29) is 6.04 Å². The Labute approximate surface area is 156 Å². The third-order valence-corrected chi connectivity index (χ3v) is 4.66. The molecule has 0 radical (unpaired) electrons. The summed E-state index contributed by atoms with van der Waals surface area (Å²) in [5, 5.41) is 3.46. The molecule has 2 N–H and O–H groups in total. The average Bonchev–Trinajstić information content (AvgIpc) is 2.54. The Morgan fingerprint density at radius 2 is 1.65 bits per heavy atom. The van der Waals surface area contributed by atoms with Gasteiger partial charge in [0, 0.05) is 11.7 Å². The third-order valence-electron chi connectivity index (χ3n) is 4.05. The van der Waals surface area contributed by atoms with Crippen molar-refractivity contribution < 1.29 is 13.2 Å². The van der Waals surface area contributed by atoms with Crippen LogP contribution in [0, 0.1) is 13.8 Å². The van der Waals surface area contributed by atoms with Gasteiger partial charge in [0.25, 0.3) is 0 Å². The highest BCUT2D eigenvalue weighted by Gasteiger charge is 2.07. The van der Waals surface area contributed by atoms with Crippen LogP contribution in [0.1, 0.15) is 23.6 Å². The van der Waals surface area contributed by atoms with E-state index in [4.69, 9.17) is 4.74 Å². The lowest BCUT2D eigenvalue weighted by atomic mass is 10.1. The molecular weight excluding hydrogens is 348 g/mol. The van der Waals surface area contributed by atoms with Gasteiger partial charge in [-0.15, -0.1) is 0 Å². The molecule has 0 aliphatic rings. The first-order valence-corrected chi connectivity index (χ1v) is 10.6. The Bertz CT molecular complexity index is 797. The second kappa shape index (κ2) is 9.05. The largest absolute Gasteiger partial charge is 0.491 e. The zero-order chi connectivity index (χ0) is 19.2. The average molecular weight is 377 g/mol. The minimum absolute atomic E-state index is 0.236. The van der Waals surface area contributed by atoms with E-state index in [1.807, 2.05) is 18.2 Å². The lowest BCUT2D eigenvalue weighted by Gasteiger charge is -2.17. The summed E-state index contributed by atoms with van der Waals surface area (Å²) in [7, 11) is -3.23. The van der Waals surface area contributed by atoms with E-state index in [9.17, 15) is 8.42 Å².